The molecule has 0 saturated heterocycles. The van der Waals surface area contributed by atoms with Crippen LogP contribution in [-0.4, -0.2) is 29.1 Å². The topological polar surface area (TPSA) is 114 Å². The fraction of sp³-hybridized carbons (Fsp3) is 0.185. The first kappa shape index (κ1) is 23.8. The standard InChI is InChI=1S/C27H25N3O5/c1-15-5-8-21(11-16(15)2)30-26-23(12-22-19(14-31)13-28-17(3)24(22)35-26)25(32)29-20-9-6-18(7-10-20)27(33)34-4/h5-13,31H,14H2,1-4H3,(H,29,32). The molecule has 2 aromatic carbocycles. The second kappa shape index (κ2) is 9.90. The average molecular weight is 472 g/mol. The molecule has 2 N–H and O–H groups in total. The zero-order chi connectivity index (χ0) is 25.1. The van der Waals surface area contributed by atoms with Gasteiger partial charge in [0.25, 0.3) is 5.91 Å². The molecule has 0 unspecified atom stereocenters. The summed E-state index contributed by atoms with van der Waals surface area (Å²) in [5.41, 5.74) is 5.56. The normalized spacial score (nSPS) is 11.5. The van der Waals surface area contributed by atoms with E-state index in [1.165, 1.54) is 7.11 Å². The lowest BCUT2D eigenvalue weighted by molar-refractivity contribution is 0.0600. The second-order valence-corrected chi connectivity index (χ2v) is 8.14. The summed E-state index contributed by atoms with van der Waals surface area (Å²) in [6.07, 6.45) is 1.56. The number of amides is 1. The number of aliphatic hydroxyl groups is 1. The summed E-state index contributed by atoms with van der Waals surface area (Å²) in [5, 5.41) is 13.2. The summed E-state index contributed by atoms with van der Waals surface area (Å²) in [5.74, 6) is -0.923. The van der Waals surface area contributed by atoms with Crippen LogP contribution in [0.2, 0.25) is 0 Å². The predicted octanol–water partition coefficient (Wildman–Crippen LogP) is 4.52. The molecule has 1 amide bonds. The van der Waals surface area contributed by atoms with Crippen LogP contribution < -0.4 is 10.9 Å². The molecule has 8 heteroatoms. The minimum absolute atomic E-state index is 0.115. The Hall–Kier alpha value is -4.30. The minimum atomic E-state index is -0.466. The Morgan fingerprint density at radius 1 is 1.06 bits per heavy atom. The Morgan fingerprint density at radius 2 is 1.80 bits per heavy atom. The molecule has 2 aromatic heterocycles. The van der Waals surface area contributed by atoms with Gasteiger partial charge in [-0.15, -0.1) is 0 Å². The Bertz CT molecular complexity index is 1500. The van der Waals surface area contributed by atoms with Crippen LogP contribution in [-0.2, 0) is 11.3 Å². The van der Waals surface area contributed by atoms with Crippen molar-refractivity contribution in [3.8, 4) is 0 Å². The monoisotopic (exact) mass is 471 g/mol. The number of anilines is 1. The van der Waals surface area contributed by atoms with E-state index in [9.17, 15) is 14.7 Å². The van der Waals surface area contributed by atoms with Crippen LogP contribution in [0.1, 0.15) is 43.1 Å². The van der Waals surface area contributed by atoms with Crippen molar-refractivity contribution in [1.82, 2.24) is 4.98 Å². The Morgan fingerprint density at radius 3 is 2.46 bits per heavy atom. The molecule has 4 aromatic rings. The second-order valence-electron chi connectivity index (χ2n) is 8.14. The number of pyridine rings is 1. The molecule has 0 bridgehead atoms. The number of nitrogens with one attached hydrogen (secondary N) is 1. The van der Waals surface area contributed by atoms with Crippen LogP contribution in [0.4, 0.5) is 11.4 Å². The molecule has 8 nitrogen and oxygen atoms in total. The maximum atomic E-state index is 13.3. The smallest absolute Gasteiger partial charge is 0.337 e. The maximum absolute atomic E-state index is 13.3. The summed E-state index contributed by atoms with van der Waals surface area (Å²) in [4.78, 5) is 33.9. The summed E-state index contributed by atoms with van der Waals surface area (Å²) >= 11 is 0. The number of nitrogens with zero attached hydrogens (tertiary/aromatic N) is 2. The van der Waals surface area contributed by atoms with Gasteiger partial charge in [0.1, 0.15) is 5.56 Å². The molecule has 0 atom stereocenters. The number of carbonyl (C=O) groups excluding carboxylic acids is 2. The lowest BCUT2D eigenvalue weighted by Crippen LogP contribution is -2.22. The van der Waals surface area contributed by atoms with Crippen molar-refractivity contribution < 1.29 is 23.8 Å². The molecule has 0 aliphatic rings. The zero-order valence-electron chi connectivity index (χ0n) is 19.9. The van der Waals surface area contributed by atoms with Gasteiger partial charge in [-0.2, -0.15) is 0 Å². The molecule has 0 aliphatic heterocycles. The first-order valence-electron chi connectivity index (χ1n) is 11.0. The van der Waals surface area contributed by atoms with Gasteiger partial charge in [0, 0.05) is 22.8 Å². The number of rotatable bonds is 5. The van der Waals surface area contributed by atoms with E-state index in [4.69, 9.17) is 9.15 Å². The number of methoxy groups -OCH3 is 1. The van der Waals surface area contributed by atoms with E-state index in [2.05, 4.69) is 15.3 Å². The SMILES string of the molecule is COC(=O)c1ccc(NC(=O)c2cc3c(CO)cnc(C)c3oc2=Nc2ccc(C)c(C)c2)cc1. The molecule has 0 fully saturated rings. The van der Waals surface area contributed by atoms with Gasteiger partial charge in [-0.25, -0.2) is 9.79 Å². The molecule has 4 rings (SSSR count). The van der Waals surface area contributed by atoms with Crippen LogP contribution >= 0.6 is 0 Å². The Labute approximate surface area is 201 Å². The van der Waals surface area contributed by atoms with Gasteiger partial charge in [-0.3, -0.25) is 9.78 Å². The molecule has 0 saturated carbocycles. The van der Waals surface area contributed by atoms with Gasteiger partial charge in [-0.1, -0.05) is 6.07 Å². The lowest BCUT2D eigenvalue weighted by Gasteiger charge is -2.10. The highest BCUT2D eigenvalue weighted by atomic mass is 16.5. The first-order valence-corrected chi connectivity index (χ1v) is 11.0. The zero-order valence-corrected chi connectivity index (χ0v) is 19.9. The van der Waals surface area contributed by atoms with E-state index in [0.29, 0.717) is 39.2 Å². The minimum Gasteiger partial charge on any atom is -0.465 e. The van der Waals surface area contributed by atoms with Crippen LogP contribution in [0.15, 0.2) is 64.1 Å². The highest BCUT2D eigenvalue weighted by Crippen LogP contribution is 2.23. The van der Waals surface area contributed by atoms with Crippen molar-refractivity contribution in [2.45, 2.75) is 27.4 Å². The Balaban J connectivity index is 1.84. The van der Waals surface area contributed by atoms with E-state index >= 15 is 0 Å². The number of hydrogen-bond acceptors (Lipinski definition) is 7. The van der Waals surface area contributed by atoms with Crippen LogP contribution in [0, 0.1) is 20.8 Å². The third-order valence-corrected chi connectivity index (χ3v) is 5.75. The van der Waals surface area contributed by atoms with Crippen LogP contribution in [0.5, 0.6) is 0 Å². The number of aromatic nitrogens is 1. The van der Waals surface area contributed by atoms with Crippen molar-refractivity contribution in [3.05, 3.63) is 93.8 Å². The van der Waals surface area contributed by atoms with Crippen molar-refractivity contribution in [2.24, 2.45) is 4.99 Å². The predicted molar refractivity (Wildman–Crippen MR) is 132 cm³/mol. The Kier molecular flexibility index (Phi) is 6.75. The van der Waals surface area contributed by atoms with Crippen molar-refractivity contribution >= 4 is 34.2 Å². The van der Waals surface area contributed by atoms with Gasteiger partial charge in [0.2, 0.25) is 5.55 Å². The van der Waals surface area contributed by atoms with Crippen molar-refractivity contribution in [2.75, 3.05) is 12.4 Å². The number of aryl methyl sites for hydroxylation is 3. The van der Waals surface area contributed by atoms with E-state index in [-0.39, 0.29) is 17.7 Å². The van der Waals surface area contributed by atoms with E-state index in [1.807, 2.05) is 32.0 Å². The summed E-state index contributed by atoms with van der Waals surface area (Å²) in [7, 11) is 1.31. The highest BCUT2D eigenvalue weighted by molar-refractivity contribution is 6.06. The number of hydrogen-bond donors (Lipinski definition) is 2. The largest absolute Gasteiger partial charge is 0.465 e. The number of fused-ring (bicyclic) bond motifs is 1. The molecule has 0 radical (unpaired) electrons. The fourth-order valence-corrected chi connectivity index (χ4v) is 3.58. The molecule has 178 valence electrons. The van der Waals surface area contributed by atoms with E-state index in [0.717, 1.165) is 11.1 Å². The van der Waals surface area contributed by atoms with Crippen molar-refractivity contribution in [1.29, 1.82) is 0 Å². The third kappa shape index (κ3) is 4.97. The number of carbonyl (C=O) groups is 2. The fourth-order valence-electron chi connectivity index (χ4n) is 3.58. The summed E-state index contributed by atoms with van der Waals surface area (Å²) in [6.45, 7) is 5.52. The lowest BCUT2D eigenvalue weighted by atomic mass is 10.1. The summed E-state index contributed by atoms with van der Waals surface area (Å²) < 4.78 is 10.8. The van der Waals surface area contributed by atoms with E-state index in [1.54, 1.807) is 43.5 Å². The van der Waals surface area contributed by atoms with Crippen LogP contribution in [0.25, 0.3) is 11.0 Å². The van der Waals surface area contributed by atoms with Crippen molar-refractivity contribution in [3.63, 3.8) is 0 Å². The quantitative estimate of drug-likeness (QED) is 0.414. The van der Waals surface area contributed by atoms with Gasteiger partial charge in [0.05, 0.1) is 30.7 Å². The molecule has 0 aliphatic carbocycles. The highest BCUT2D eigenvalue weighted by Gasteiger charge is 2.17. The van der Waals surface area contributed by atoms with Crippen LogP contribution in [0.3, 0.4) is 0 Å². The maximum Gasteiger partial charge on any atom is 0.337 e. The molecular formula is C27H25N3O5. The van der Waals surface area contributed by atoms with Gasteiger partial charge < -0.3 is 19.6 Å². The average Bonchev–Trinajstić information content (AvgIpc) is 2.86. The van der Waals surface area contributed by atoms with Gasteiger partial charge >= 0.3 is 5.97 Å². The number of benzene rings is 2. The third-order valence-electron chi connectivity index (χ3n) is 5.75. The number of ether oxygens (including phenoxy) is 1. The molecule has 35 heavy (non-hydrogen) atoms. The first-order chi connectivity index (χ1) is 16.8. The van der Waals surface area contributed by atoms with Gasteiger partial charge in [-0.05, 0) is 74.4 Å². The summed E-state index contributed by atoms with van der Waals surface area (Å²) in [6, 6.07) is 13.7. The number of aliphatic hydroxyl groups excluding tert-OH is 1. The molecule has 2 heterocycles. The molecule has 0 spiro atoms. The molecular weight excluding hydrogens is 446 g/mol. The number of esters is 1. The van der Waals surface area contributed by atoms with Gasteiger partial charge in [0.15, 0.2) is 5.58 Å². The van der Waals surface area contributed by atoms with E-state index < -0.39 is 11.9 Å².